The Morgan fingerprint density at radius 2 is 1.21 bits per heavy atom. The van der Waals surface area contributed by atoms with Crippen molar-refractivity contribution in [3.05, 3.63) is 36.4 Å². The van der Waals surface area contributed by atoms with Gasteiger partial charge in [-0.25, -0.2) is 9.97 Å². The summed E-state index contributed by atoms with van der Waals surface area (Å²) >= 11 is 3.56. The zero-order valence-electron chi connectivity index (χ0n) is 16.4. The second-order valence-corrected chi connectivity index (χ2v) is 8.25. The molecule has 2 aromatic heterocycles. The number of nitrogens with zero attached hydrogens (tertiary/aromatic N) is 2. The molecule has 29 heavy (non-hydrogen) atoms. The van der Waals surface area contributed by atoms with Crippen molar-refractivity contribution in [3.8, 4) is 0 Å². The van der Waals surface area contributed by atoms with Crippen LogP contribution >= 0.6 is 23.5 Å². The molecule has 2 heterocycles. The lowest BCUT2D eigenvalue weighted by atomic mass is 10.4. The highest BCUT2D eigenvalue weighted by atomic mass is 32.2. The number of hydrogen-bond acceptors (Lipinski definition) is 6. The van der Waals surface area contributed by atoms with Crippen molar-refractivity contribution >= 4 is 35.4 Å². The van der Waals surface area contributed by atoms with E-state index in [1.807, 2.05) is 12.4 Å². The summed E-state index contributed by atoms with van der Waals surface area (Å²) in [7, 11) is 0. The van der Waals surface area contributed by atoms with Crippen LogP contribution in [0.25, 0.3) is 0 Å². The number of hydrogen-bond donors (Lipinski definition) is 8. The summed E-state index contributed by atoms with van der Waals surface area (Å²) in [5.74, 6) is 4.27. The summed E-state index contributed by atoms with van der Waals surface area (Å²) in [5.41, 5.74) is 2.09. The average molecular weight is 439 g/mol. The van der Waals surface area contributed by atoms with Gasteiger partial charge in [-0.3, -0.25) is 10.8 Å². The van der Waals surface area contributed by atoms with E-state index in [0.717, 1.165) is 53.9 Å². The van der Waals surface area contributed by atoms with Crippen LogP contribution in [0.5, 0.6) is 0 Å². The van der Waals surface area contributed by atoms with Crippen molar-refractivity contribution in [2.24, 2.45) is 0 Å². The molecule has 12 heteroatoms. The first-order chi connectivity index (χ1) is 14.2. The molecule has 2 aromatic rings. The van der Waals surface area contributed by atoms with Crippen molar-refractivity contribution in [2.45, 2.75) is 17.9 Å². The molecular formula is C17H30N10S2. The standard InChI is InChI=1S/C17H30N10S2/c18-16(24-4-6-28-10-14-8-20-12-26-14)22-2-1-3-23-17(19)25-5-7-29-11-15-9-21-13-27-15/h8-9,12-13H,1-7,10-11H2,(H,20,26)(H,21,27)(H3,18,22,24)(H3,19,23,25). The van der Waals surface area contributed by atoms with Crippen molar-refractivity contribution in [1.82, 2.24) is 41.2 Å². The molecule has 0 spiro atoms. The SMILES string of the molecule is N=C(NCCCNC(=N)NCCSCc1c[nH]cn1)NCCSCc1c[nH]cn1. The lowest BCUT2D eigenvalue weighted by Crippen LogP contribution is -2.40. The molecule has 0 atom stereocenters. The normalized spacial score (nSPS) is 10.5. The third kappa shape index (κ3) is 11.3. The van der Waals surface area contributed by atoms with Crippen LogP contribution in [0.2, 0.25) is 0 Å². The smallest absolute Gasteiger partial charge is 0.188 e. The first-order valence-corrected chi connectivity index (χ1v) is 11.8. The third-order valence-electron chi connectivity index (χ3n) is 3.66. The third-order valence-corrected chi connectivity index (χ3v) is 5.65. The molecule has 0 saturated carbocycles. The van der Waals surface area contributed by atoms with Crippen molar-refractivity contribution in [3.63, 3.8) is 0 Å². The first-order valence-electron chi connectivity index (χ1n) is 9.47. The van der Waals surface area contributed by atoms with Crippen LogP contribution in [0.4, 0.5) is 0 Å². The number of rotatable bonds is 14. The van der Waals surface area contributed by atoms with Gasteiger partial charge in [0.2, 0.25) is 0 Å². The van der Waals surface area contributed by atoms with E-state index in [1.54, 1.807) is 36.2 Å². The first kappa shape index (κ1) is 22.9. The van der Waals surface area contributed by atoms with Gasteiger partial charge in [0.25, 0.3) is 0 Å². The second kappa shape index (κ2) is 14.6. The van der Waals surface area contributed by atoms with Gasteiger partial charge in [-0.1, -0.05) is 0 Å². The summed E-state index contributed by atoms with van der Waals surface area (Å²) in [6, 6.07) is 0. The maximum Gasteiger partial charge on any atom is 0.188 e. The minimum absolute atomic E-state index is 0.340. The molecule has 160 valence electrons. The minimum Gasteiger partial charge on any atom is -0.357 e. The van der Waals surface area contributed by atoms with Gasteiger partial charge < -0.3 is 31.2 Å². The predicted octanol–water partition coefficient (Wildman–Crippen LogP) is 0.917. The van der Waals surface area contributed by atoms with Crippen LogP contribution in [0.1, 0.15) is 17.8 Å². The lowest BCUT2D eigenvalue weighted by Gasteiger charge is -2.12. The molecule has 10 nitrogen and oxygen atoms in total. The number of guanidine groups is 2. The molecule has 0 amide bonds. The largest absolute Gasteiger partial charge is 0.357 e. The lowest BCUT2D eigenvalue weighted by molar-refractivity contribution is 0.710. The molecule has 8 N–H and O–H groups in total. The fourth-order valence-electron chi connectivity index (χ4n) is 2.23. The Morgan fingerprint density at radius 1 is 0.759 bits per heavy atom. The van der Waals surface area contributed by atoms with E-state index in [9.17, 15) is 0 Å². The number of nitrogens with one attached hydrogen (secondary N) is 8. The molecule has 0 aliphatic rings. The Morgan fingerprint density at radius 3 is 1.62 bits per heavy atom. The zero-order chi connectivity index (χ0) is 20.6. The molecule has 0 bridgehead atoms. The Kier molecular flexibility index (Phi) is 11.6. The van der Waals surface area contributed by atoms with Gasteiger partial charge in [-0.15, -0.1) is 0 Å². The van der Waals surface area contributed by atoms with Crippen molar-refractivity contribution in [1.29, 1.82) is 10.8 Å². The highest BCUT2D eigenvalue weighted by Crippen LogP contribution is 2.08. The molecule has 0 fully saturated rings. The quantitative estimate of drug-likeness (QED) is 0.123. The Hall–Kier alpha value is -2.34. The van der Waals surface area contributed by atoms with Crippen LogP contribution in [0.15, 0.2) is 25.0 Å². The highest BCUT2D eigenvalue weighted by molar-refractivity contribution is 7.98. The molecule has 0 radical (unpaired) electrons. The summed E-state index contributed by atoms with van der Waals surface area (Å²) in [4.78, 5) is 14.2. The van der Waals surface area contributed by atoms with E-state index in [1.165, 1.54) is 0 Å². The predicted molar refractivity (Wildman–Crippen MR) is 122 cm³/mol. The molecule has 0 saturated heterocycles. The Bertz CT molecular complexity index is 616. The monoisotopic (exact) mass is 438 g/mol. The minimum atomic E-state index is 0.340. The summed E-state index contributed by atoms with van der Waals surface area (Å²) in [6.07, 6.45) is 7.99. The van der Waals surface area contributed by atoms with Crippen LogP contribution in [-0.2, 0) is 11.5 Å². The van der Waals surface area contributed by atoms with E-state index in [0.29, 0.717) is 25.0 Å². The molecule has 0 unspecified atom stereocenters. The topological polar surface area (TPSA) is 153 Å². The van der Waals surface area contributed by atoms with Gasteiger partial charge in [0.05, 0.1) is 24.0 Å². The van der Waals surface area contributed by atoms with Gasteiger partial charge in [-0.05, 0) is 6.42 Å². The number of aromatic amines is 2. The molecule has 0 aliphatic carbocycles. The van der Waals surface area contributed by atoms with Crippen molar-refractivity contribution < 1.29 is 0 Å². The average Bonchev–Trinajstić information content (AvgIpc) is 3.41. The second-order valence-electron chi connectivity index (χ2n) is 6.04. The van der Waals surface area contributed by atoms with Gasteiger partial charge >= 0.3 is 0 Å². The number of imidazole rings is 2. The Balaban J connectivity index is 1.33. The summed E-state index contributed by atoms with van der Waals surface area (Å²) < 4.78 is 0. The van der Waals surface area contributed by atoms with E-state index in [-0.39, 0.29) is 0 Å². The fourth-order valence-corrected chi connectivity index (χ4v) is 3.75. The van der Waals surface area contributed by atoms with Crippen LogP contribution in [0.3, 0.4) is 0 Å². The number of aromatic nitrogens is 4. The summed E-state index contributed by atoms with van der Waals surface area (Å²) in [6.45, 7) is 2.86. The zero-order valence-corrected chi connectivity index (χ0v) is 18.0. The van der Waals surface area contributed by atoms with E-state index in [4.69, 9.17) is 10.8 Å². The molecular weight excluding hydrogens is 408 g/mol. The van der Waals surface area contributed by atoms with Gasteiger partial charge in [0.15, 0.2) is 11.9 Å². The van der Waals surface area contributed by atoms with E-state index >= 15 is 0 Å². The summed E-state index contributed by atoms with van der Waals surface area (Å²) in [5, 5.41) is 27.8. The van der Waals surface area contributed by atoms with Crippen LogP contribution in [-0.4, -0.2) is 69.5 Å². The number of H-pyrrole nitrogens is 2. The van der Waals surface area contributed by atoms with Crippen molar-refractivity contribution in [2.75, 3.05) is 37.7 Å². The van der Waals surface area contributed by atoms with E-state index < -0.39 is 0 Å². The molecule has 0 aliphatic heterocycles. The Labute approximate surface area is 179 Å². The fraction of sp³-hybridized carbons (Fsp3) is 0.529. The highest BCUT2D eigenvalue weighted by Gasteiger charge is 1.99. The molecule has 0 aromatic carbocycles. The van der Waals surface area contributed by atoms with Gasteiger partial charge in [-0.2, -0.15) is 23.5 Å². The molecule has 2 rings (SSSR count). The van der Waals surface area contributed by atoms with Crippen LogP contribution < -0.4 is 21.3 Å². The maximum atomic E-state index is 7.83. The van der Waals surface area contributed by atoms with E-state index in [2.05, 4.69) is 41.2 Å². The number of thioether (sulfide) groups is 2. The van der Waals surface area contributed by atoms with Gasteiger partial charge in [0, 0.05) is 61.6 Å². The van der Waals surface area contributed by atoms with Gasteiger partial charge in [0.1, 0.15) is 0 Å². The maximum absolute atomic E-state index is 7.83. The van der Waals surface area contributed by atoms with Crippen LogP contribution in [0, 0.1) is 10.8 Å².